The second kappa shape index (κ2) is 7.11. The number of hydrogen-bond acceptors (Lipinski definition) is 4. The van der Waals surface area contributed by atoms with Crippen molar-refractivity contribution in [2.24, 2.45) is 0 Å². The summed E-state index contributed by atoms with van der Waals surface area (Å²) in [5, 5.41) is 9.13. The fraction of sp³-hybridized carbons (Fsp3) is 0.533. The van der Waals surface area contributed by atoms with Crippen LogP contribution in [0.5, 0.6) is 0 Å². The molecule has 0 amide bonds. The third-order valence-electron chi connectivity index (χ3n) is 3.55. The molecule has 0 saturated carbocycles. The largest absolute Gasteiger partial charge is 0.478 e. The number of benzene rings is 1. The second-order valence-corrected chi connectivity index (χ2v) is 6.07. The standard InChI is InChI=1S/C15H21NO3S/c1-3-16-6-7-19-12(9-16)10-20-13-5-4-11(2)14(8-13)15(17)18/h4-5,8,12H,3,6-7,9-10H2,1-2H3,(H,17,18). The number of aromatic carboxylic acids is 1. The molecular formula is C15H21NO3S. The van der Waals surface area contributed by atoms with E-state index in [1.54, 1.807) is 17.8 Å². The molecule has 1 unspecified atom stereocenters. The lowest BCUT2D eigenvalue weighted by Gasteiger charge is -2.31. The molecule has 1 aromatic carbocycles. The predicted octanol–water partition coefficient (Wildman–Crippen LogP) is 2.51. The zero-order valence-corrected chi connectivity index (χ0v) is 12.8. The van der Waals surface area contributed by atoms with Crippen LogP contribution in [0, 0.1) is 6.92 Å². The molecule has 1 N–H and O–H groups in total. The molecule has 1 aliphatic heterocycles. The van der Waals surface area contributed by atoms with Crippen molar-refractivity contribution in [1.29, 1.82) is 0 Å². The lowest BCUT2D eigenvalue weighted by atomic mass is 10.1. The molecule has 20 heavy (non-hydrogen) atoms. The molecule has 1 saturated heterocycles. The maximum Gasteiger partial charge on any atom is 0.335 e. The molecule has 5 heteroatoms. The zero-order chi connectivity index (χ0) is 14.5. The molecule has 0 radical (unpaired) electrons. The van der Waals surface area contributed by atoms with Crippen LogP contribution in [-0.4, -0.2) is 54.1 Å². The number of nitrogens with zero attached hydrogens (tertiary/aromatic N) is 1. The molecule has 110 valence electrons. The minimum Gasteiger partial charge on any atom is -0.478 e. The van der Waals surface area contributed by atoms with Gasteiger partial charge in [0.15, 0.2) is 0 Å². The SMILES string of the molecule is CCN1CCOC(CSc2ccc(C)c(C(=O)O)c2)C1. The minimum absolute atomic E-state index is 0.225. The molecule has 0 aromatic heterocycles. The Bertz CT molecular complexity index is 478. The molecule has 1 atom stereocenters. The Labute approximate surface area is 124 Å². The van der Waals surface area contributed by atoms with Gasteiger partial charge < -0.3 is 9.84 Å². The van der Waals surface area contributed by atoms with Crippen molar-refractivity contribution in [1.82, 2.24) is 4.90 Å². The molecule has 1 heterocycles. The van der Waals surface area contributed by atoms with Gasteiger partial charge in [0.05, 0.1) is 18.3 Å². The van der Waals surface area contributed by atoms with Gasteiger partial charge in [-0.15, -0.1) is 11.8 Å². The van der Waals surface area contributed by atoms with E-state index in [-0.39, 0.29) is 6.10 Å². The van der Waals surface area contributed by atoms with Crippen molar-refractivity contribution in [3.05, 3.63) is 29.3 Å². The van der Waals surface area contributed by atoms with Gasteiger partial charge in [-0.25, -0.2) is 4.79 Å². The van der Waals surface area contributed by atoms with Gasteiger partial charge in [0.1, 0.15) is 0 Å². The maximum atomic E-state index is 11.1. The van der Waals surface area contributed by atoms with Gasteiger partial charge >= 0.3 is 5.97 Å². The summed E-state index contributed by atoms with van der Waals surface area (Å²) < 4.78 is 5.75. The number of carboxylic acid groups (broad SMARTS) is 1. The van der Waals surface area contributed by atoms with E-state index in [9.17, 15) is 4.79 Å². The number of morpholine rings is 1. The van der Waals surface area contributed by atoms with E-state index in [4.69, 9.17) is 9.84 Å². The monoisotopic (exact) mass is 295 g/mol. The minimum atomic E-state index is -0.865. The van der Waals surface area contributed by atoms with Gasteiger partial charge in [0.25, 0.3) is 0 Å². The Morgan fingerprint density at radius 1 is 1.55 bits per heavy atom. The van der Waals surface area contributed by atoms with Crippen molar-refractivity contribution >= 4 is 17.7 Å². The number of thioether (sulfide) groups is 1. The van der Waals surface area contributed by atoms with E-state index in [2.05, 4.69) is 11.8 Å². The highest BCUT2D eigenvalue weighted by atomic mass is 32.2. The highest BCUT2D eigenvalue weighted by molar-refractivity contribution is 7.99. The number of rotatable bonds is 5. The summed E-state index contributed by atoms with van der Waals surface area (Å²) in [7, 11) is 0. The Morgan fingerprint density at radius 2 is 2.35 bits per heavy atom. The highest BCUT2D eigenvalue weighted by Crippen LogP contribution is 2.23. The van der Waals surface area contributed by atoms with Crippen LogP contribution >= 0.6 is 11.8 Å². The number of aryl methyl sites for hydroxylation is 1. The third kappa shape index (κ3) is 3.98. The molecule has 1 aliphatic rings. The predicted molar refractivity (Wildman–Crippen MR) is 80.7 cm³/mol. The van der Waals surface area contributed by atoms with Gasteiger partial charge in [0.2, 0.25) is 0 Å². The summed E-state index contributed by atoms with van der Waals surface area (Å²) in [6.07, 6.45) is 0.225. The lowest BCUT2D eigenvalue weighted by Crippen LogP contribution is -2.43. The molecule has 0 spiro atoms. The van der Waals surface area contributed by atoms with Gasteiger partial charge in [-0.3, -0.25) is 4.90 Å². The van der Waals surface area contributed by atoms with Crippen molar-refractivity contribution < 1.29 is 14.6 Å². The Kier molecular flexibility index (Phi) is 5.46. The quantitative estimate of drug-likeness (QED) is 0.846. The van der Waals surface area contributed by atoms with E-state index in [0.29, 0.717) is 5.56 Å². The van der Waals surface area contributed by atoms with E-state index in [1.807, 2.05) is 19.1 Å². The molecule has 1 aromatic rings. The average Bonchev–Trinajstić information content (AvgIpc) is 2.46. The Hall–Kier alpha value is -1.04. The fourth-order valence-electron chi connectivity index (χ4n) is 2.28. The highest BCUT2D eigenvalue weighted by Gasteiger charge is 2.19. The van der Waals surface area contributed by atoms with Gasteiger partial charge in [-0.2, -0.15) is 0 Å². The summed E-state index contributed by atoms with van der Waals surface area (Å²) in [4.78, 5) is 14.5. The van der Waals surface area contributed by atoms with Crippen molar-refractivity contribution in [3.8, 4) is 0 Å². The Balaban J connectivity index is 1.93. The summed E-state index contributed by atoms with van der Waals surface area (Å²) in [6.45, 7) is 7.79. The molecule has 0 aliphatic carbocycles. The number of carbonyl (C=O) groups is 1. The molecule has 2 rings (SSSR count). The summed E-state index contributed by atoms with van der Waals surface area (Å²) in [5.74, 6) is -0.00505. The lowest BCUT2D eigenvalue weighted by molar-refractivity contribution is -0.0137. The van der Waals surface area contributed by atoms with Crippen LogP contribution in [0.4, 0.5) is 0 Å². The Morgan fingerprint density at radius 3 is 3.05 bits per heavy atom. The van der Waals surface area contributed by atoms with E-state index < -0.39 is 5.97 Å². The van der Waals surface area contributed by atoms with Crippen LogP contribution in [0.2, 0.25) is 0 Å². The van der Waals surface area contributed by atoms with Crippen LogP contribution in [-0.2, 0) is 4.74 Å². The third-order valence-corrected chi connectivity index (χ3v) is 4.67. The van der Waals surface area contributed by atoms with Gasteiger partial charge in [0, 0.05) is 23.7 Å². The maximum absolute atomic E-state index is 11.1. The topological polar surface area (TPSA) is 49.8 Å². The zero-order valence-electron chi connectivity index (χ0n) is 12.0. The molecule has 1 fully saturated rings. The van der Waals surface area contributed by atoms with Crippen LogP contribution in [0.3, 0.4) is 0 Å². The first-order valence-corrected chi connectivity index (χ1v) is 7.89. The van der Waals surface area contributed by atoms with Crippen LogP contribution in [0.15, 0.2) is 23.1 Å². The second-order valence-electron chi connectivity index (χ2n) is 4.98. The normalized spacial score (nSPS) is 20.0. The van der Waals surface area contributed by atoms with Crippen molar-refractivity contribution in [2.75, 3.05) is 32.0 Å². The van der Waals surface area contributed by atoms with Gasteiger partial charge in [-0.05, 0) is 31.2 Å². The fourth-order valence-corrected chi connectivity index (χ4v) is 3.22. The first-order valence-electron chi connectivity index (χ1n) is 6.91. The van der Waals surface area contributed by atoms with Crippen molar-refractivity contribution in [2.45, 2.75) is 24.8 Å². The number of likely N-dealkylation sites (N-methyl/N-ethyl adjacent to an activating group) is 1. The van der Waals surface area contributed by atoms with E-state index >= 15 is 0 Å². The van der Waals surface area contributed by atoms with E-state index in [0.717, 1.165) is 42.5 Å². The van der Waals surface area contributed by atoms with Crippen LogP contribution < -0.4 is 0 Å². The number of ether oxygens (including phenoxy) is 1. The summed E-state index contributed by atoms with van der Waals surface area (Å²) in [6, 6.07) is 5.60. The summed E-state index contributed by atoms with van der Waals surface area (Å²) >= 11 is 1.66. The number of carboxylic acids is 1. The first kappa shape index (κ1) is 15.4. The van der Waals surface area contributed by atoms with Crippen LogP contribution in [0.25, 0.3) is 0 Å². The van der Waals surface area contributed by atoms with Crippen molar-refractivity contribution in [3.63, 3.8) is 0 Å². The van der Waals surface area contributed by atoms with E-state index in [1.165, 1.54) is 0 Å². The molecule has 4 nitrogen and oxygen atoms in total. The molecule has 0 bridgehead atoms. The van der Waals surface area contributed by atoms with Crippen LogP contribution in [0.1, 0.15) is 22.8 Å². The smallest absolute Gasteiger partial charge is 0.335 e. The summed E-state index contributed by atoms with van der Waals surface area (Å²) in [5.41, 5.74) is 1.18. The first-order chi connectivity index (χ1) is 9.60. The van der Waals surface area contributed by atoms with Gasteiger partial charge in [-0.1, -0.05) is 13.0 Å². The average molecular weight is 295 g/mol. The molecular weight excluding hydrogens is 274 g/mol. The number of hydrogen-bond donors (Lipinski definition) is 1.